The van der Waals surface area contributed by atoms with Gasteiger partial charge in [-0.2, -0.15) is 0 Å². The third-order valence-electron chi connectivity index (χ3n) is 5.42. The summed E-state index contributed by atoms with van der Waals surface area (Å²) in [6.45, 7) is 0.532. The van der Waals surface area contributed by atoms with Crippen molar-refractivity contribution >= 4 is 5.91 Å². The van der Waals surface area contributed by atoms with Crippen molar-refractivity contribution < 1.29 is 18.3 Å². The highest BCUT2D eigenvalue weighted by molar-refractivity contribution is 5.82. The van der Waals surface area contributed by atoms with Gasteiger partial charge in [0.2, 0.25) is 0 Å². The van der Waals surface area contributed by atoms with Gasteiger partial charge in [0, 0.05) is 13.0 Å². The van der Waals surface area contributed by atoms with Crippen LogP contribution in [0.2, 0.25) is 0 Å². The summed E-state index contributed by atoms with van der Waals surface area (Å²) in [5, 5.41) is 0. The van der Waals surface area contributed by atoms with Crippen molar-refractivity contribution in [1.29, 1.82) is 0 Å². The number of carbonyl (C=O) groups excluding carboxylic acids is 1. The standard InChI is InChI=1S/C21H22F2N2O2/c22-15-7-5-14(6-8-15)20-16-4-2-1-3-13(16)9-10-25(20)21(26)19-11-17(23)18(24)12-27-19/h1-8,17-20H,9-12,24H2/t17-,18-,19-,20+/m1/s1. The van der Waals surface area contributed by atoms with Crippen LogP contribution in [0.4, 0.5) is 8.78 Å². The van der Waals surface area contributed by atoms with E-state index < -0.39 is 18.3 Å². The molecule has 4 rings (SSSR count). The predicted octanol–water partition coefficient (Wildman–Crippen LogP) is 2.75. The molecule has 0 aromatic heterocycles. The second-order valence-electron chi connectivity index (χ2n) is 7.17. The average molecular weight is 372 g/mol. The largest absolute Gasteiger partial charge is 0.367 e. The molecular weight excluding hydrogens is 350 g/mol. The molecule has 6 heteroatoms. The van der Waals surface area contributed by atoms with Crippen LogP contribution in [0.25, 0.3) is 0 Å². The van der Waals surface area contributed by atoms with Gasteiger partial charge >= 0.3 is 0 Å². The first kappa shape index (κ1) is 18.1. The Labute approximate surface area is 156 Å². The first-order chi connectivity index (χ1) is 13.0. The highest BCUT2D eigenvalue weighted by atomic mass is 19.1. The molecule has 27 heavy (non-hydrogen) atoms. The van der Waals surface area contributed by atoms with E-state index in [9.17, 15) is 13.6 Å². The van der Waals surface area contributed by atoms with Crippen LogP contribution in [0.3, 0.4) is 0 Å². The molecule has 0 spiro atoms. The molecule has 0 unspecified atom stereocenters. The highest BCUT2D eigenvalue weighted by Crippen LogP contribution is 2.36. The number of ether oxygens (including phenoxy) is 1. The van der Waals surface area contributed by atoms with Crippen molar-refractivity contribution in [2.24, 2.45) is 5.73 Å². The number of benzene rings is 2. The van der Waals surface area contributed by atoms with Gasteiger partial charge in [0.1, 0.15) is 18.1 Å². The number of hydrogen-bond donors (Lipinski definition) is 1. The van der Waals surface area contributed by atoms with Gasteiger partial charge in [-0.25, -0.2) is 8.78 Å². The highest BCUT2D eigenvalue weighted by Gasteiger charge is 2.39. The van der Waals surface area contributed by atoms with Crippen LogP contribution < -0.4 is 5.73 Å². The number of amides is 1. The molecule has 2 aromatic carbocycles. The van der Waals surface area contributed by atoms with Gasteiger partial charge in [-0.05, 0) is 35.2 Å². The van der Waals surface area contributed by atoms with E-state index in [0.717, 1.165) is 16.7 Å². The lowest BCUT2D eigenvalue weighted by molar-refractivity contribution is -0.152. The molecule has 2 heterocycles. The Morgan fingerprint density at radius 2 is 1.89 bits per heavy atom. The Kier molecular flexibility index (Phi) is 4.93. The van der Waals surface area contributed by atoms with Gasteiger partial charge in [0.15, 0.2) is 0 Å². The minimum absolute atomic E-state index is 0.0310. The van der Waals surface area contributed by atoms with E-state index in [4.69, 9.17) is 10.5 Å². The predicted molar refractivity (Wildman–Crippen MR) is 97.3 cm³/mol. The normalized spacial score (nSPS) is 27.9. The van der Waals surface area contributed by atoms with E-state index in [1.54, 1.807) is 17.0 Å². The van der Waals surface area contributed by atoms with Crippen molar-refractivity contribution in [1.82, 2.24) is 4.90 Å². The minimum Gasteiger partial charge on any atom is -0.367 e. The number of carbonyl (C=O) groups is 1. The van der Waals surface area contributed by atoms with Gasteiger partial charge in [0.05, 0.1) is 18.7 Å². The fourth-order valence-electron chi connectivity index (χ4n) is 3.94. The lowest BCUT2D eigenvalue weighted by Crippen LogP contribution is -2.52. The molecule has 2 aliphatic heterocycles. The summed E-state index contributed by atoms with van der Waals surface area (Å²) in [6, 6.07) is 13.1. The first-order valence-corrected chi connectivity index (χ1v) is 9.19. The maximum absolute atomic E-state index is 14.0. The van der Waals surface area contributed by atoms with Crippen LogP contribution >= 0.6 is 0 Å². The van der Waals surface area contributed by atoms with E-state index >= 15 is 0 Å². The molecule has 0 radical (unpaired) electrons. The Morgan fingerprint density at radius 1 is 1.15 bits per heavy atom. The van der Waals surface area contributed by atoms with Crippen molar-refractivity contribution in [2.45, 2.75) is 37.2 Å². The van der Waals surface area contributed by atoms with Crippen LogP contribution in [-0.4, -0.2) is 42.3 Å². The minimum atomic E-state index is -1.26. The third kappa shape index (κ3) is 3.47. The molecule has 1 amide bonds. The summed E-state index contributed by atoms with van der Waals surface area (Å²) in [4.78, 5) is 14.9. The number of nitrogens with zero attached hydrogens (tertiary/aromatic N) is 1. The lowest BCUT2D eigenvalue weighted by Gasteiger charge is -2.40. The van der Waals surface area contributed by atoms with Crippen LogP contribution in [0, 0.1) is 5.82 Å². The number of rotatable bonds is 2. The Hall–Kier alpha value is -2.31. The van der Waals surface area contributed by atoms with Gasteiger partial charge < -0.3 is 15.4 Å². The van der Waals surface area contributed by atoms with Gasteiger partial charge in [-0.3, -0.25) is 4.79 Å². The van der Waals surface area contributed by atoms with Crippen molar-refractivity contribution in [2.75, 3.05) is 13.2 Å². The number of nitrogens with two attached hydrogens (primary N) is 1. The summed E-state index contributed by atoms with van der Waals surface area (Å²) >= 11 is 0. The quantitative estimate of drug-likeness (QED) is 0.882. The summed E-state index contributed by atoms with van der Waals surface area (Å²) in [5.41, 5.74) is 8.64. The zero-order chi connectivity index (χ0) is 19.0. The maximum atomic E-state index is 14.0. The first-order valence-electron chi connectivity index (χ1n) is 9.19. The number of hydrogen-bond acceptors (Lipinski definition) is 3. The van der Waals surface area contributed by atoms with Crippen molar-refractivity contribution in [3.63, 3.8) is 0 Å². The fourth-order valence-corrected chi connectivity index (χ4v) is 3.94. The van der Waals surface area contributed by atoms with E-state index in [2.05, 4.69) is 0 Å². The number of halogens is 2. The maximum Gasteiger partial charge on any atom is 0.252 e. The van der Waals surface area contributed by atoms with Crippen LogP contribution in [-0.2, 0) is 16.0 Å². The smallest absolute Gasteiger partial charge is 0.252 e. The molecule has 2 N–H and O–H groups in total. The van der Waals surface area contributed by atoms with E-state index in [0.29, 0.717) is 13.0 Å². The zero-order valence-corrected chi connectivity index (χ0v) is 14.9. The molecule has 2 aromatic rings. The molecule has 0 saturated carbocycles. The molecule has 0 aliphatic carbocycles. The second kappa shape index (κ2) is 7.37. The number of alkyl halides is 1. The van der Waals surface area contributed by atoms with Gasteiger partial charge in [0.25, 0.3) is 5.91 Å². The molecule has 4 atom stereocenters. The molecule has 1 saturated heterocycles. The zero-order valence-electron chi connectivity index (χ0n) is 14.9. The van der Waals surface area contributed by atoms with Crippen LogP contribution in [0.1, 0.15) is 29.2 Å². The Bertz CT molecular complexity index is 827. The Balaban J connectivity index is 1.68. The monoisotopic (exact) mass is 372 g/mol. The van der Waals surface area contributed by atoms with E-state index in [-0.39, 0.29) is 30.8 Å². The second-order valence-corrected chi connectivity index (χ2v) is 7.17. The fraction of sp³-hybridized carbons (Fsp3) is 0.381. The van der Waals surface area contributed by atoms with Gasteiger partial charge in [-0.1, -0.05) is 36.4 Å². The average Bonchev–Trinajstić information content (AvgIpc) is 2.69. The van der Waals surface area contributed by atoms with E-state index in [1.807, 2.05) is 24.3 Å². The van der Waals surface area contributed by atoms with E-state index in [1.165, 1.54) is 12.1 Å². The number of fused-ring (bicyclic) bond motifs is 1. The molecule has 2 aliphatic rings. The summed E-state index contributed by atoms with van der Waals surface area (Å²) in [5.74, 6) is -0.570. The summed E-state index contributed by atoms with van der Waals surface area (Å²) in [7, 11) is 0. The molecule has 4 nitrogen and oxygen atoms in total. The van der Waals surface area contributed by atoms with Crippen molar-refractivity contribution in [3.8, 4) is 0 Å². The Morgan fingerprint density at radius 3 is 2.63 bits per heavy atom. The van der Waals surface area contributed by atoms with Gasteiger partial charge in [-0.15, -0.1) is 0 Å². The van der Waals surface area contributed by atoms with Crippen LogP contribution in [0.15, 0.2) is 48.5 Å². The molecule has 1 fully saturated rings. The topological polar surface area (TPSA) is 55.6 Å². The summed E-state index contributed by atoms with van der Waals surface area (Å²) in [6.07, 6.45) is -1.42. The third-order valence-corrected chi connectivity index (χ3v) is 5.42. The van der Waals surface area contributed by atoms with Crippen molar-refractivity contribution in [3.05, 3.63) is 71.0 Å². The molecule has 142 valence electrons. The summed E-state index contributed by atoms with van der Waals surface area (Å²) < 4.78 is 33.0. The van der Waals surface area contributed by atoms with Crippen LogP contribution in [0.5, 0.6) is 0 Å². The molecule has 0 bridgehead atoms. The lowest BCUT2D eigenvalue weighted by atomic mass is 9.87. The SMILES string of the molecule is N[C@@H]1CO[C@@H](C(=O)N2CCc3ccccc3[C@@H]2c2ccc(F)cc2)C[C@H]1F. The molecular formula is C21H22F2N2O2.